The zero-order valence-electron chi connectivity index (χ0n) is 15.9. The SMILES string of the molecule is Cn1cc(CN2CCCC2Cn2nc(-c3ccncc3)ccc2=O)ccc1=O. The summed E-state index contributed by atoms with van der Waals surface area (Å²) in [6.07, 6.45) is 7.44. The summed E-state index contributed by atoms with van der Waals surface area (Å²) >= 11 is 0. The lowest BCUT2D eigenvalue weighted by Gasteiger charge is -2.25. The fourth-order valence-corrected chi connectivity index (χ4v) is 3.75. The Morgan fingerprint density at radius 1 is 1.04 bits per heavy atom. The van der Waals surface area contributed by atoms with Gasteiger partial charge in [0.25, 0.3) is 5.56 Å². The molecule has 0 aromatic carbocycles. The molecule has 144 valence electrons. The predicted octanol–water partition coefficient (Wildman–Crippen LogP) is 1.67. The van der Waals surface area contributed by atoms with Crippen LogP contribution in [0.2, 0.25) is 0 Å². The molecule has 7 nitrogen and oxygen atoms in total. The largest absolute Gasteiger partial charge is 0.318 e. The molecule has 0 spiro atoms. The van der Waals surface area contributed by atoms with Gasteiger partial charge in [-0.05, 0) is 43.1 Å². The van der Waals surface area contributed by atoms with Crippen LogP contribution in [0.25, 0.3) is 11.3 Å². The van der Waals surface area contributed by atoms with Crippen molar-refractivity contribution < 1.29 is 0 Å². The smallest absolute Gasteiger partial charge is 0.266 e. The van der Waals surface area contributed by atoms with E-state index < -0.39 is 0 Å². The third kappa shape index (κ3) is 3.94. The van der Waals surface area contributed by atoms with Gasteiger partial charge in [0, 0.05) is 55.9 Å². The van der Waals surface area contributed by atoms with Crippen LogP contribution in [0, 0.1) is 0 Å². The van der Waals surface area contributed by atoms with Crippen molar-refractivity contribution in [1.29, 1.82) is 0 Å². The van der Waals surface area contributed by atoms with Crippen LogP contribution in [-0.4, -0.2) is 36.8 Å². The van der Waals surface area contributed by atoms with Gasteiger partial charge in [-0.3, -0.25) is 19.5 Å². The number of hydrogen-bond acceptors (Lipinski definition) is 5. The number of likely N-dealkylation sites (tertiary alicyclic amines) is 1. The average Bonchev–Trinajstić information content (AvgIpc) is 3.14. The van der Waals surface area contributed by atoms with Crippen LogP contribution in [0.5, 0.6) is 0 Å². The van der Waals surface area contributed by atoms with Crippen LogP contribution in [0.1, 0.15) is 18.4 Å². The average molecular weight is 377 g/mol. The molecule has 7 heteroatoms. The highest BCUT2D eigenvalue weighted by atomic mass is 16.1. The molecule has 1 fully saturated rings. The zero-order valence-corrected chi connectivity index (χ0v) is 15.9. The lowest BCUT2D eigenvalue weighted by molar-refractivity contribution is 0.216. The van der Waals surface area contributed by atoms with E-state index in [1.165, 1.54) is 0 Å². The standard InChI is InChI=1S/C21H23N5O2/c1-24-13-16(4-6-20(24)27)14-25-12-2-3-18(25)15-26-21(28)7-5-19(23-26)17-8-10-22-11-9-17/h4-11,13,18H,2-3,12,14-15H2,1H3. The van der Waals surface area contributed by atoms with E-state index in [0.29, 0.717) is 6.54 Å². The fraction of sp³-hybridized carbons (Fsp3) is 0.333. The molecule has 0 amide bonds. The Kier molecular flexibility index (Phi) is 5.16. The first-order valence-corrected chi connectivity index (χ1v) is 9.48. The number of nitrogens with zero attached hydrogens (tertiary/aromatic N) is 5. The molecule has 28 heavy (non-hydrogen) atoms. The van der Waals surface area contributed by atoms with Crippen molar-refractivity contribution in [3.63, 3.8) is 0 Å². The Bertz CT molecular complexity index is 1070. The molecule has 1 atom stereocenters. The zero-order chi connectivity index (χ0) is 19.5. The van der Waals surface area contributed by atoms with Crippen molar-refractivity contribution in [2.24, 2.45) is 7.05 Å². The Morgan fingerprint density at radius 2 is 1.82 bits per heavy atom. The predicted molar refractivity (Wildman–Crippen MR) is 107 cm³/mol. The van der Waals surface area contributed by atoms with E-state index in [-0.39, 0.29) is 17.2 Å². The molecular weight excluding hydrogens is 354 g/mol. The Morgan fingerprint density at radius 3 is 2.61 bits per heavy atom. The third-order valence-electron chi connectivity index (χ3n) is 5.26. The maximum atomic E-state index is 12.4. The Hall–Kier alpha value is -3.06. The molecule has 3 aromatic heterocycles. The first-order chi connectivity index (χ1) is 13.6. The lowest BCUT2D eigenvalue weighted by Crippen LogP contribution is -2.36. The highest BCUT2D eigenvalue weighted by Crippen LogP contribution is 2.21. The van der Waals surface area contributed by atoms with Crippen LogP contribution in [-0.2, 0) is 20.1 Å². The quantitative estimate of drug-likeness (QED) is 0.676. The second kappa shape index (κ2) is 7.90. The summed E-state index contributed by atoms with van der Waals surface area (Å²) in [5, 5.41) is 4.58. The first kappa shape index (κ1) is 18.3. The number of rotatable bonds is 5. The summed E-state index contributed by atoms with van der Waals surface area (Å²) in [4.78, 5) is 30.4. The van der Waals surface area contributed by atoms with E-state index in [1.54, 1.807) is 46.9 Å². The summed E-state index contributed by atoms with van der Waals surface area (Å²) in [6.45, 7) is 2.30. The number of pyridine rings is 2. The summed E-state index contributed by atoms with van der Waals surface area (Å²) in [5.74, 6) is 0. The maximum absolute atomic E-state index is 12.4. The minimum atomic E-state index is -0.0910. The van der Waals surface area contributed by atoms with Crippen LogP contribution >= 0.6 is 0 Å². The molecule has 0 saturated carbocycles. The fourth-order valence-electron chi connectivity index (χ4n) is 3.75. The monoisotopic (exact) mass is 377 g/mol. The minimum absolute atomic E-state index is 0.00889. The molecule has 1 aliphatic heterocycles. The van der Waals surface area contributed by atoms with Gasteiger partial charge in [0.15, 0.2) is 0 Å². The molecule has 4 heterocycles. The molecule has 1 unspecified atom stereocenters. The van der Waals surface area contributed by atoms with Gasteiger partial charge >= 0.3 is 0 Å². The van der Waals surface area contributed by atoms with Crippen molar-refractivity contribution in [3.8, 4) is 11.3 Å². The normalized spacial score (nSPS) is 17.1. The van der Waals surface area contributed by atoms with Crippen molar-refractivity contribution in [3.05, 3.63) is 81.3 Å². The van der Waals surface area contributed by atoms with Crippen molar-refractivity contribution in [2.45, 2.75) is 32.0 Å². The van der Waals surface area contributed by atoms with Gasteiger partial charge in [-0.2, -0.15) is 5.10 Å². The van der Waals surface area contributed by atoms with Gasteiger partial charge in [-0.1, -0.05) is 6.07 Å². The van der Waals surface area contributed by atoms with E-state index in [2.05, 4.69) is 15.0 Å². The topological polar surface area (TPSA) is 73.0 Å². The van der Waals surface area contributed by atoms with E-state index in [9.17, 15) is 9.59 Å². The van der Waals surface area contributed by atoms with Gasteiger partial charge in [0.1, 0.15) is 0 Å². The van der Waals surface area contributed by atoms with Crippen molar-refractivity contribution >= 4 is 0 Å². The van der Waals surface area contributed by atoms with Crippen LogP contribution < -0.4 is 11.1 Å². The molecule has 1 saturated heterocycles. The highest BCUT2D eigenvalue weighted by Gasteiger charge is 2.25. The molecule has 1 aliphatic rings. The number of aromatic nitrogens is 4. The second-order valence-electron chi connectivity index (χ2n) is 7.23. The van der Waals surface area contributed by atoms with E-state index in [0.717, 1.165) is 42.8 Å². The molecular formula is C21H23N5O2. The van der Waals surface area contributed by atoms with E-state index in [1.807, 2.05) is 24.4 Å². The lowest BCUT2D eigenvalue weighted by atomic mass is 10.2. The molecule has 0 N–H and O–H groups in total. The Balaban J connectivity index is 1.53. The summed E-state index contributed by atoms with van der Waals surface area (Å²) in [5.41, 5.74) is 2.71. The van der Waals surface area contributed by atoms with Crippen LogP contribution in [0.3, 0.4) is 0 Å². The molecule has 0 bridgehead atoms. The molecule has 4 rings (SSSR count). The highest BCUT2D eigenvalue weighted by molar-refractivity contribution is 5.56. The van der Waals surface area contributed by atoms with Gasteiger partial charge in [-0.15, -0.1) is 0 Å². The molecule has 0 radical (unpaired) electrons. The van der Waals surface area contributed by atoms with Crippen LogP contribution in [0.4, 0.5) is 0 Å². The van der Waals surface area contributed by atoms with Crippen molar-refractivity contribution in [2.75, 3.05) is 6.54 Å². The summed E-state index contributed by atoms with van der Waals surface area (Å²) < 4.78 is 3.17. The van der Waals surface area contributed by atoms with Gasteiger partial charge < -0.3 is 4.57 Å². The maximum Gasteiger partial charge on any atom is 0.266 e. The Labute approximate surface area is 162 Å². The third-order valence-corrected chi connectivity index (χ3v) is 5.26. The molecule has 3 aromatic rings. The summed E-state index contributed by atoms with van der Waals surface area (Å²) in [6, 6.07) is 10.8. The first-order valence-electron chi connectivity index (χ1n) is 9.48. The summed E-state index contributed by atoms with van der Waals surface area (Å²) in [7, 11) is 1.77. The van der Waals surface area contributed by atoms with E-state index in [4.69, 9.17) is 0 Å². The van der Waals surface area contributed by atoms with Gasteiger partial charge in [-0.25, -0.2) is 4.68 Å². The molecule has 0 aliphatic carbocycles. The second-order valence-corrected chi connectivity index (χ2v) is 7.23. The number of aryl methyl sites for hydroxylation is 1. The number of hydrogen-bond donors (Lipinski definition) is 0. The van der Waals surface area contributed by atoms with E-state index >= 15 is 0 Å². The minimum Gasteiger partial charge on any atom is -0.318 e. The van der Waals surface area contributed by atoms with Crippen LogP contribution in [0.15, 0.2) is 64.6 Å². The van der Waals surface area contributed by atoms with Crippen molar-refractivity contribution in [1.82, 2.24) is 24.2 Å². The van der Waals surface area contributed by atoms with Gasteiger partial charge in [0.2, 0.25) is 5.56 Å². The van der Waals surface area contributed by atoms with Gasteiger partial charge in [0.05, 0.1) is 12.2 Å².